The first kappa shape index (κ1) is 24.1. The van der Waals surface area contributed by atoms with Gasteiger partial charge in [-0.1, -0.05) is 15.9 Å². The normalized spacial score (nSPS) is 18.1. The number of halogens is 1. The van der Waals surface area contributed by atoms with E-state index in [1.807, 2.05) is 14.1 Å². The molecule has 1 fully saturated rings. The molecule has 4 N–H and O–H groups in total. The molecule has 34 heavy (non-hydrogen) atoms. The third kappa shape index (κ3) is 3.83. The quantitative estimate of drug-likeness (QED) is 0.380. The lowest BCUT2D eigenvalue weighted by Gasteiger charge is -2.38. The second-order valence-corrected chi connectivity index (χ2v) is 9.76. The number of nitrogens with one attached hydrogen (secondary N) is 3. The van der Waals surface area contributed by atoms with E-state index < -0.39 is 5.41 Å². The van der Waals surface area contributed by atoms with Crippen molar-refractivity contribution >= 4 is 50.2 Å². The highest BCUT2D eigenvalue weighted by atomic mass is 79.9. The molecule has 4 rings (SSSR count). The number of aryl methyl sites for hydroxylation is 2. The van der Waals surface area contributed by atoms with Gasteiger partial charge in [0.2, 0.25) is 5.95 Å². The molecule has 0 saturated carbocycles. The average Bonchev–Trinajstić information content (AvgIpc) is 3.15. The van der Waals surface area contributed by atoms with Crippen LogP contribution in [0.25, 0.3) is 16.7 Å². The van der Waals surface area contributed by atoms with E-state index >= 15 is 0 Å². The van der Waals surface area contributed by atoms with Gasteiger partial charge in [-0.2, -0.15) is 15.2 Å². The Morgan fingerprint density at radius 3 is 2.41 bits per heavy atom. The zero-order valence-corrected chi connectivity index (χ0v) is 21.8. The molecule has 180 valence electrons. The highest BCUT2D eigenvalue weighted by molar-refractivity contribution is 9.10. The second kappa shape index (κ2) is 9.31. The molecular weight excluding hydrogens is 496 g/mol. The number of hydrogen-bond acceptors (Lipinski definition) is 8. The van der Waals surface area contributed by atoms with Crippen molar-refractivity contribution < 1.29 is 5.11 Å². The molecule has 1 aliphatic heterocycles. The van der Waals surface area contributed by atoms with Crippen molar-refractivity contribution in [1.82, 2.24) is 14.5 Å². The molecule has 0 radical (unpaired) electrons. The van der Waals surface area contributed by atoms with Gasteiger partial charge in [0.15, 0.2) is 5.65 Å². The summed E-state index contributed by atoms with van der Waals surface area (Å²) >= 11 is 3.61. The van der Waals surface area contributed by atoms with Gasteiger partial charge in [0.25, 0.3) is 0 Å². The standard InChI is InChI=1S/C24H31BrN8O/c1-14-9-16(25)10-15(2)19(14)33-21-17(18(27-3)22(33)28-4)20(30-23(29-5)31-21)32-8-6-7-24(11-26,12-32)13-34/h9-10,27-28,34H,6-8,12-13H2,1-5H3,(H,29,30,31). The number of nitrogens with zero attached hydrogens (tertiary/aromatic N) is 5. The van der Waals surface area contributed by atoms with Crippen molar-refractivity contribution in [2.24, 2.45) is 5.41 Å². The zero-order valence-electron chi connectivity index (χ0n) is 20.3. The molecule has 1 atom stereocenters. The molecule has 1 aromatic carbocycles. The van der Waals surface area contributed by atoms with E-state index in [0.29, 0.717) is 18.9 Å². The highest BCUT2D eigenvalue weighted by Gasteiger charge is 2.37. The maximum absolute atomic E-state index is 10.0. The summed E-state index contributed by atoms with van der Waals surface area (Å²) in [6.07, 6.45) is 1.47. The van der Waals surface area contributed by atoms with E-state index in [0.717, 1.165) is 62.6 Å². The number of piperidine rings is 1. The number of nitriles is 1. The number of benzene rings is 1. The van der Waals surface area contributed by atoms with E-state index in [2.05, 4.69) is 73.4 Å². The number of rotatable bonds is 6. The van der Waals surface area contributed by atoms with Crippen LogP contribution in [-0.2, 0) is 0 Å². The van der Waals surface area contributed by atoms with Crippen LogP contribution in [0.5, 0.6) is 0 Å². The average molecular weight is 527 g/mol. The highest BCUT2D eigenvalue weighted by Crippen LogP contribution is 2.44. The number of hydrogen-bond donors (Lipinski definition) is 4. The molecule has 9 nitrogen and oxygen atoms in total. The van der Waals surface area contributed by atoms with Crippen molar-refractivity contribution in [2.45, 2.75) is 26.7 Å². The number of fused-ring (bicyclic) bond motifs is 1. The molecule has 2 aromatic heterocycles. The van der Waals surface area contributed by atoms with Gasteiger partial charge in [-0.15, -0.1) is 0 Å². The Labute approximate surface area is 208 Å². The lowest BCUT2D eigenvalue weighted by molar-refractivity contribution is 0.155. The number of aliphatic hydroxyl groups is 1. The van der Waals surface area contributed by atoms with Crippen molar-refractivity contribution in [3.8, 4) is 11.8 Å². The van der Waals surface area contributed by atoms with Crippen LogP contribution in [0.1, 0.15) is 24.0 Å². The first-order valence-electron chi connectivity index (χ1n) is 11.4. The monoisotopic (exact) mass is 526 g/mol. The summed E-state index contributed by atoms with van der Waals surface area (Å²) in [4.78, 5) is 11.9. The lowest BCUT2D eigenvalue weighted by atomic mass is 9.82. The van der Waals surface area contributed by atoms with Gasteiger partial charge >= 0.3 is 0 Å². The smallest absolute Gasteiger partial charge is 0.226 e. The maximum Gasteiger partial charge on any atom is 0.226 e. The topological polar surface area (TPSA) is 114 Å². The van der Waals surface area contributed by atoms with E-state index in [1.54, 1.807) is 7.05 Å². The first-order valence-corrected chi connectivity index (χ1v) is 12.2. The Balaban J connectivity index is 2.07. The molecule has 10 heteroatoms. The molecule has 0 amide bonds. The van der Waals surface area contributed by atoms with Gasteiger partial charge in [0, 0.05) is 38.7 Å². The van der Waals surface area contributed by atoms with Gasteiger partial charge in [0.1, 0.15) is 11.6 Å². The molecule has 0 bridgehead atoms. The Kier molecular flexibility index (Phi) is 6.60. The van der Waals surface area contributed by atoms with Crippen molar-refractivity contribution in [3.63, 3.8) is 0 Å². The Hall–Kier alpha value is -3.03. The molecule has 0 aliphatic carbocycles. The summed E-state index contributed by atoms with van der Waals surface area (Å²) < 4.78 is 3.16. The van der Waals surface area contributed by atoms with E-state index in [1.165, 1.54) is 0 Å². The van der Waals surface area contributed by atoms with Crippen molar-refractivity contribution in [1.29, 1.82) is 5.26 Å². The molecule has 0 spiro atoms. The van der Waals surface area contributed by atoms with Crippen LogP contribution in [-0.4, -0.2) is 60.5 Å². The third-order valence-electron chi connectivity index (χ3n) is 6.60. The number of aliphatic hydroxyl groups excluding tert-OH is 1. The van der Waals surface area contributed by atoms with Crippen LogP contribution in [0.15, 0.2) is 16.6 Å². The Morgan fingerprint density at radius 1 is 1.15 bits per heavy atom. The fraction of sp³-hybridized carbons (Fsp3) is 0.458. The lowest BCUT2D eigenvalue weighted by Crippen LogP contribution is -2.45. The number of aromatic nitrogens is 3. The predicted octanol–water partition coefficient (Wildman–Crippen LogP) is 4.03. The minimum Gasteiger partial charge on any atom is -0.395 e. The van der Waals surface area contributed by atoms with Crippen LogP contribution in [0.4, 0.5) is 23.3 Å². The van der Waals surface area contributed by atoms with E-state index in [9.17, 15) is 10.4 Å². The van der Waals surface area contributed by atoms with Crippen LogP contribution >= 0.6 is 15.9 Å². The fourth-order valence-corrected chi connectivity index (χ4v) is 5.71. The van der Waals surface area contributed by atoms with Crippen LogP contribution in [0.3, 0.4) is 0 Å². The molecule has 3 heterocycles. The maximum atomic E-state index is 10.0. The second-order valence-electron chi connectivity index (χ2n) is 8.84. The predicted molar refractivity (Wildman–Crippen MR) is 141 cm³/mol. The Bertz CT molecular complexity index is 1260. The molecule has 1 saturated heterocycles. The van der Waals surface area contributed by atoms with Crippen LogP contribution in [0, 0.1) is 30.6 Å². The van der Waals surface area contributed by atoms with E-state index in [4.69, 9.17) is 9.97 Å². The molecule has 1 aliphatic rings. The minimum atomic E-state index is -0.803. The largest absolute Gasteiger partial charge is 0.395 e. The third-order valence-corrected chi connectivity index (χ3v) is 7.06. The van der Waals surface area contributed by atoms with Crippen molar-refractivity contribution in [3.05, 3.63) is 27.7 Å². The molecule has 3 aromatic rings. The summed E-state index contributed by atoms with van der Waals surface area (Å²) in [7, 11) is 5.59. The molecular formula is C24H31BrN8O. The summed E-state index contributed by atoms with van der Waals surface area (Å²) in [5, 5.41) is 30.6. The van der Waals surface area contributed by atoms with Gasteiger partial charge in [-0.25, -0.2) is 0 Å². The Morgan fingerprint density at radius 2 is 1.85 bits per heavy atom. The fourth-order valence-electron chi connectivity index (χ4n) is 5.02. The van der Waals surface area contributed by atoms with Gasteiger partial charge in [-0.3, -0.25) is 4.57 Å². The van der Waals surface area contributed by atoms with Gasteiger partial charge in [0.05, 0.1) is 34.9 Å². The van der Waals surface area contributed by atoms with Crippen LogP contribution in [0.2, 0.25) is 0 Å². The summed E-state index contributed by atoms with van der Waals surface area (Å²) in [5.74, 6) is 2.12. The zero-order chi connectivity index (χ0) is 24.6. The first-order chi connectivity index (χ1) is 16.3. The molecule has 1 unspecified atom stereocenters. The summed E-state index contributed by atoms with van der Waals surface area (Å²) in [6.45, 7) is 5.16. The SMILES string of the molecule is CNc1nc(N2CCCC(C#N)(CO)C2)c2c(NC)c(NC)n(-c3c(C)cc(Br)cc3C)c2n1. The van der Waals surface area contributed by atoms with Gasteiger partial charge in [-0.05, 0) is 49.9 Å². The van der Waals surface area contributed by atoms with Crippen LogP contribution < -0.4 is 20.9 Å². The number of anilines is 4. The minimum absolute atomic E-state index is 0.175. The van der Waals surface area contributed by atoms with E-state index in [-0.39, 0.29) is 6.61 Å². The van der Waals surface area contributed by atoms with Crippen molar-refractivity contribution in [2.75, 3.05) is 61.7 Å². The summed E-state index contributed by atoms with van der Waals surface area (Å²) in [5.41, 5.74) is 4.10. The summed E-state index contributed by atoms with van der Waals surface area (Å²) in [6, 6.07) is 6.55. The van der Waals surface area contributed by atoms with Gasteiger partial charge < -0.3 is 26.0 Å².